The molecule has 25 heavy (non-hydrogen) atoms. The molecule has 4 rings (SSSR count). The Balaban J connectivity index is 1.67. The first-order valence-corrected chi connectivity index (χ1v) is 7.81. The van der Waals surface area contributed by atoms with Gasteiger partial charge in [-0.1, -0.05) is 12.1 Å². The van der Waals surface area contributed by atoms with Crippen LogP contribution >= 0.6 is 0 Å². The Hall–Kier alpha value is -3.07. The van der Waals surface area contributed by atoms with Crippen LogP contribution < -0.4 is 10.6 Å². The standard InChI is InChI=1S/C16H15FN6O2/c17-11-3-1-2-10(8-11)15-21-20-14-5-4-13(22-23(14)15)19-12-9-25-7-6-18-16(12)24/h1-5,8,12H,6-7,9H2,(H,18,24)(H,19,22). The molecule has 0 aliphatic carbocycles. The smallest absolute Gasteiger partial charge is 0.245 e. The van der Waals surface area contributed by atoms with Crippen molar-refractivity contribution in [2.24, 2.45) is 0 Å². The van der Waals surface area contributed by atoms with Crippen molar-refractivity contribution in [2.75, 3.05) is 25.1 Å². The lowest BCUT2D eigenvalue weighted by molar-refractivity contribution is -0.121. The average molecular weight is 342 g/mol. The van der Waals surface area contributed by atoms with Gasteiger partial charge in [0.15, 0.2) is 11.5 Å². The summed E-state index contributed by atoms with van der Waals surface area (Å²) in [6, 6.07) is 8.94. The number of nitrogens with zero attached hydrogens (tertiary/aromatic N) is 4. The van der Waals surface area contributed by atoms with Gasteiger partial charge < -0.3 is 15.4 Å². The van der Waals surface area contributed by atoms with Crippen LogP contribution in [0, 0.1) is 5.82 Å². The van der Waals surface area contributed by atoms with Crippen LogP contribution in [0.15, 0.2) is 36.4 Å². The van der Waals surface area contributed by atoms with Crippen LogP contribution in [0.4, 0.5) is 10.2 Å². The van der Waals surface area contributed by atoms with Crippen LogP contribution in [-0.4, -0.2) is 51.5 Å². The largest absolute Gasteiger partial charge is 0.377 e. The van der Waals surface area contributed by atoms with E-state index in [0.29, 0.717) is 36.0 Å². The lowest BCUT2D eigenvalue weighted by Crippen LogP contribution is -2.40. The van der Waals surface area contributed by atoms with Crippen LogP contribution in [0.1, 0.15) is 0 Å². The van der Waals surface area contributed by atoms with Crippen molar-refractivity contribution >= 4 is 17.4 Å². The summed E-state index contributed by atoms with van der Waals surface area (Å²) in [4.78, 5) is 12.0. The molecule has 0 radical (unpaired) electrons. The summed E-state index contributed by atoms with van der Waals surface area (Å²) in [5.74, 6) is 0.375. The number of carbonyl (C=O) groups excluding carboxylic acids is 1. The minimum absolute atomic E-state index is 0.145. The van der Waals surface area contributed by atoms with Crippen molar-refractivity contribution in [3.8, 4) is 11.4 Å². The first kappa shape index (κ1) is 15.5. The van der Waals surface area contributed by atoms with Gasteiger partial charge in [-0.15, -0.1) is 15.3 Å². The molecule has 3 heterocycles. The third kappa shape index (κ3) is 3.13. The van der Waals surface area contributed by atoms with Gasteiger partial charge in [-0.2, -0.15) is 4.52 Å². The number of halogens is 1. The SMILES string of the molecule is O=C1NCCOCC1Nc1ccc2nnc(-c3cccc(F)c3)n2n1. The second-order valence-electron chi connectivity index (χ2n) is 5.59. The second-order valence-corrected chi connectivity index (χ2v) is 5.59. The van der Waals surface area contributed by atoms with Gasteiger partial charge in [-0.25, -0.2) is 4.39 Å². The first-order chi connectivity index (χ1) is 12.2. The summed E-state index contributed by atoms with van der Waals surface area (Å²) < 4.78 is 20.4. The monoisotopic (exact) mass is 342 g/mol. The van der Waals surface area contributed by atoms with Gasteiger partial charge in [-0.05, 0) is 24.3 Å². The van der Waals surface area contributed by atoms with Crippen molar-refractivity contribution in [2.45, 2.75) is 6.04 Å². The topological polar surface area (TPSA) is 93.4 Å². The number of hydrogen-bond donors (Lipinski definition) is 2. The lowest BCUT2D eigenvalue weighted by Gasteiger charge is -2.15. The number of anilines is 1. The Labute approximate surface area is 142 Å². The minimum Gasteiger partial charge on any atom is -0.377 e. The number of hydrogen-bond acceptors (Lipinski definition) is 6. The predicted octanol–water partition coefficient (Wildman–Crippen LogP) is 0.857. The van der Waals surface area contributed by atoms with Crippen molar-refractivity contribution in [1.82, 2.24) is 25.1 Å². The van der Waals surface area contributed by atoms with E-state index >= 15 is 0 Å². The molecule has 3 aromatic rings. The molecule has 0 spiro atoms. The number of rotatable bonds is 3. The second kappa shape index (κ2) is 6.44. The highest BCUT2D eigenvalue weighted by molar-refractivity contribution is 5.84. The van der Waals surface area contributed by atoms with E-state index in [1.165, 1.54) is 16.6 Å². The lowest BCUT2D eigenvalue weighted by atomic mass is 10.2. The van der Waals surface area contributed by atoms with E-state index in [0.717, 1.165) is 0 Å². The van der Waals surface area contributed by atoms with Gasteiger partial charge in [0.05, 0.1) is 13.2 Å². The molecule has 1 aliphatic heterocycles. The van der Waals surface area contributed by atoms with Crippen LogP contribution in [0.2, 0.25) is 0 Å². The van der Waals surface area contributed by atoms with Crippen LogP contribution in [-0.2, 0) is 9.53 Å². The summed E-state index contributed by atoms with van der Waals surface area (Å²) in [7, 11) is 0. The van der Waals surface area contributed by atoms with Crippen LogP contribution in [0.25, 0.3) is 17.0 Å². The van der Waals surface area contributed by atoms with Crippen molar-refractivity contribution in [3.05, 3.63) is 42.2 Å². The highest BCUT2D eigenvalue weighted by Gasteiger charge is 2.22. The van der Waals surface area contributed by atoms with Gasteiger partial charge in [0, 0.05) is 12.1 Å². The molecule has 0 bridgehead atoms. The molecule has 0 saturated carbocycles. The highest BCUT2D eigenvalue weighted by atomic mass is 19.1. The van der Waals surface area contributed by atoms with E-state index in [1.54, 1.807) is 24.3 Å². The van der Waals surface area contributed by atoms with Gasteiger partial charge >= 0.3 is 0 Å². The number of benzene rings is 1. The molecule has 1 fully saturated rings. The molecular weight excluding hydrogens is 327 g/mol. The maximum atomic E-state index is 13.5. The van der Waals surface area contributed by atoms with E-state index in [4.69, 9.17) is 4.74 Å². The number of nitrogens with one attached hydrogen (secondary N) is 2. The molecule has 1 aliphatic rings. The van der Waals surface area contributed by atoms with Crippen molar-refractivity contribution < 1.29 is 13.9 Å². The fraction of sp³-hybridized carbons (Fsp3) is 0.250. The number of ether oxygens (including phenoxy) is 1. The fourth-order valence-electron chi connectivity index (χ4n) is 2.61. The van der Waals surface area contributed by atoms with E-state index in [-0.39, 0.29) is 18.3 Å². The van der Waals surface area contributed by atoms with Crippen LogP contribution in [0.5, 0.6) is 0 Å². The maximum absolute atomic E-state index is 13.5. The molecule has 9 heteroatoms. The molecular formula is C16H15FN6O2. The van der Waals surface area contributed by atoms with Gasteiger partial charge in [-0.3, -0.25) is 4.79 Å². The van der Waals surface area contributed by atoms with Crippen molar-refractivity contribution in [3.63, 3.8) is 0 Å². The zero-order valence-corrected chi connectivity index (χ0v) is 13.1. The number of amides is 1. The number of aromatic nitrogens is 4. The third-order valence-electron chi connectivity index (χ3n) is 3.81. The Morgan fingerprint density at radius 1 is 1.28 bits per heavy atom. The Morgan fingerprint density at radius 3 is 3.08 bits per heavy atom. The van der Waals surface area contributed by atoms with Crippen molar-refractivity contribution in [1.29, 1.82) is 0 Å². The molecule has 8 nitrogen and oxygen atoms in total. The molecule has 128 valence electrons. The van der Waals surface area contributed by atoms with E-state index in [2.05, 4.69) is 25.9 Å². The summed E-state index contributed by atoms with van der Waals surface area (Å²) in [6.07, 6.45) is 0. The number of fused-ring (bicyclic) bond motifs is 1. The highest BCUT2D eigenvalue weighted by Crippen LogP contribution is 2.19. The first-order valence-electron chi connectivity index (χ1n) is 7.81. The van der Waals surface area contributed by atoms with E-state index in [9.17, 15) is 9.18 Å². The molecule has 1 aromatic carbocycles. The quantitative estimate of drug-likeness (QED) is 0.733. The molecule has 1 unspecified atom stereocenters. The molecule has 2 aromatic heterocycles. The Morgan fingerprint density at radius 2 is 2.20 bits per heavy atom. The summed E-state index contributed by atoms with van der Waals surface area (Å²) in [5.41, 5.74) is 1.08. The molecule has 2 N–H and O–H groups in total. The third-order valence-corrected chi connectivity index (χ3v) is 3.81. The zero-order valence-electron chi connectivity index (χ0n) is 13.1. The van der Waals surface area contributed by atoms with Gasteiger partial charge in [0.2, 0.25) is 5.91 Å². The average Bonchev–Trinajstić information content (AvgIpc) is 2.93. The maximum Gasteiger partial charge on any atom is 0.245 e. The summed E-state index contributed by atoms with van der Waals surface area (Å²) in [6.45, 7) is 1.22. The Bertz CT molecular complexity index is 928. The minimum atomic E-state index is -0.540. The predicted molar refractivity (Wildman–Crippen MR) is 87.4 cm³/mol. The number of carbonyl (C=O) groups is 1. The summed E-state index contributed by atoms with van der Waals surface area (Å²) in [5, 5.41) is 18.3. The van der Waals surface area contributed by atoms with Gasteiger partial charge in [0.1, 0.15) is 17.7 Å². The summed E-state index contributed by atoms with van der Waals surface area (Å²) >= 11 is 0. The molecule has 1 atom stereocenters. The zero-order chi connectivity index (χ0) is 17.2. The van der Waals surface area contributed by atoms with E-state index in [1.807, 2.05) is 0 Å². The Kier molecular flexibility index (Phi) is 3.98. The van der Waals surface area contributed by atoms with E-state index < -0.39 is 6.04 Å². The molecule has 1 saturated heterocycles. The molecule has 1 amide bonds. The van der Waals surface area contributed by atoms with Gasteiger partial charge in [0.25, 0.3) is 0 Å². The fourth-order valence-corrected chi connectivity index (χ4v) is 2.61. The normalized spacial score (nSPS) is 18.0. The van der Waals surface area contributed by atoms with Crippen LogP contribution in [0.3, 0.4) is 0 Å².